The summed E-state index contributed by atoms with van der Waals surface area (Å²) in [6.45, 7) is 0.342. The molecule has 0 spiro atoms. The number of amides is 2. The van der Waals surface area contributed by atoms with Crippen LogP contribution < -0.4 is 22.5 Å². The summed E-state index contributed by atoms with van der Waals surface area (Å²) < 4.78 is 0.909. The zero-order valence-electron chi connectivity index (χ0n) is 23.0. The maximum Gasteiger partial charge on any atom is 0.243 e. The van der Waals surface area contributed by atoms with Crippen molar-refractivity contribution in [1.29, 1.82) is 0 Å². The lowest BCUT2D eigenvalue weighted by atomic mass is 9.75. The molecule has 0 radical (unpaired) electrons. The van der Waals surface area contributed by atoms with Gasteiger partial charge in [0.25, 0.3) is 0 Å². The van der Waals surface area contributed by atoms with E-state index in [9.17, 15) is 14.4 Å². The smallest absolute Gasteiger partial charge is 0.243 e. The number of benzene rings is 1. The number of carbonyl (C=O) groups excluding carboxylic acids is 3. The molecule has 3 aliphatic rings. The number of aliphatic imine (C=N–C) groups is 1. The van der Waals surface area contributed by atoms with Crippen LogP contribution in [0.1, 0.15) is 86.9 Å². The summed E-state index contributed by atoms with van der Waals surface area (Å²) in [6.07, 6.45) is 10.2. The minimum atomic E-state index is -0.919. The number of nitrogens with zero attached hydrogens (tertiary/aromatic N) is 3. The Bertz CT molecular complexity index is 1240. The van der Waals surface area contributed by atoms with E-state index in [4.69, 9.17) is 17.2 Å². The van der Waals surface area contributed by atoms with Gasteiger partial charge in [-0.1, -0.05) is 44.2 Å². The largest absolute Gasteiger partial charge is 0.370 e. The van der Waals surface area contributed by atoms with Gasteiger partial charge >= 0.3 is 0 Å². The Morgan fingerprint density at radius 2 is 1.90 bits per heavy atom. The van der Waals surface area contributed by atoms with Gasteiger partial charge in [0.2, 0.25) is 17.6 Å². The fourth-order valence-electron chi connectivity index (χ4n) is 6.78. The number of aromatic nitrogens is 1. The summed E-state index contributed by atoms with van der Waals surface area (Å²) in [4.78, 5) is 51.5. The van der Waals surface area contributed by atoms with Gasteiger partial charge in [-0.25, -0.2) is 4.98 Å². The number of rotatable bonds is 10. The number of thiazole rings is 1. The molecule has 40 heavy (non-hydrogen) atoms. The summed E-state index contributed by atoms with van der Waals surface area (Å²) in [5, 5.41) is 3.33. The number of nitrogens with one attached hydrogen (secondary N) is 1. The number of para-hydroxylation sites is 1. The normalized spacial score (nSPS) is 25.9. The van der Waals surface area contributed by atoms with Crippen molar-refractivity contribution in [3.63, 3.8) is 0 Å². The number of hydrogen-bond acceptors (Lipinski definition) is 7. The maximum absolute atomic E-state index is 13.8. The molecule has 3 fully saturated rings. The quantitative estimate of drug-likeness (QED) is 0.148. The highest BCUT2D eigenvalue weighted by Gasteiger charge is 2.52. The Labute approximate surface area is 239 Å². The minimum absolute atomic E-state index is 0.0165. The van der Waals surface area contributed by atoms with Crippen LogP contribution in [0.2, 0.25) is 0 Å². The van der Waals surface area contributed by atoms with Gasteiger partial charge in [-0.2, -0.15) is 0 Å². The molecule has 2 unspecified atom stereocenters. The molecular formula is C29H41N7O3S. The van der Waals surface area contributed by atoms with Gasteiger partial charge in [0, 0.05) is 12.6 Å². The lowest BCUT2D eigenvalue weighted by Crippen LogP contribution is -2.64. The molecule has 11 heteroatoms. The average Bonchev–Trinajstić information content (AvgIpc) is 3.57. The van der Waals surface area contributed by atoms with Crippen LogP contribution in [0.4, 0.5) is 0 Å². The summed E-state index contributed by atoms with van der Waals surface area (Å²) in [7, 11) is 0. The number of fused-ring (bicyclic) bond motifs is 2. The summed E-state index contributed by atoms with van der Waals surface area (Å²) in [6, 6.07) is 6.16. The lowest BCUT2D eigenvalue weighted by Gasteiger charge is -2.44. The van der Waals surface area contributed by atoms with Crippen molar-refractivity contribution >= 4 is 45.1 Å². The van der Waals surface area contributed by atoms with Gasteiger partial charge in [-0.15, -0.1) is 11.3 Å². The highest BCUT2D eigenvalue weighted by molar-refractivity contribution is 7.20. The molecule has 1 aromatic heterocycles. The molecule has 3 heterocycles. The highest BCUT2D eigenvalue weighted by atomic mass is 32.1. The van der Waals surface area contributed by atoms with E-state index < -0.39 is 17.6 Å². The van der Waals surface area contributed by atoms with Crippen LogP contribution in [0.25, 0.3) is 10.2 Å². The second kappa shape index (κ2) is 12.2. The zero-order chi connectivity index (χ0) is 28.3. The first-order chi connectivity index (χ1) is 19.2. The predicted molar refractivity (Wildman–Crippen MR) is 157 cm³/mol. The third-order valence-corrected chi connectivity index (χ3v) is 9.90. The van der Waals surface area contributed by atoms with Crippen molar-refractivity contribution in [3.8, 4) is 0 Å². The molecule has 0 bridgehead atoms. The number of carbonyl (C=O) groups is 3. The van der Waals surface area contributed by atoms with E-state index in [0.29, 0.717) is 49.6 Å². The van der Waals surface area contributed by atoms with Crippen molar-refractivity contribution in [2.75, 3.05) is 6.54 Å². The van der Waals surface area contributed by atoms with E-state index in [-0.39, 0.29) is 29.6 Å². The molecule has 10 nitrogen and oxygen atoms in total. The second-order valence-electron chi connectivity index (χ2n) is 11.7. The van der Waals surface area contributed by atoms with Crippen LogP contribution in [0.5, 0.6) is 0 Å². The number of Topliss-reactive ketones (excluding diaryl/α,β-unsaturated/α-hetero) is 1. The Morgan fingerprint density at radius 3 is 2.65 bits per heavy atom. The molecule has 2 aromatic rings. The standard InChI is InChI=1S/C29H41N7O3S/c30-28(31)33-16-6-10-21(24(37)26-35-20-9-4-5-11-23(20)40-26)34-25(38)22-13-12-19-14-15-29(32,27(39)36(19)22)17-18-7-2-1-3-8-18/h4-5,9,11,18-19,21-22H,1-3,6-8,10,12-17,32H2,(H,34,38)(H4,30,31,33)/t19?,21?,22-,29+/m0/s1. The fraction of sp³-hybridized carbons (Fsp3) is 0.621. The first-order valence-electron chi connectivity index (χ1n) is 14.6. The van der Waals surface area contributed by atoms with Crippen molar-refractivity contribution < 1.29 is 14.4 Å². The molecule has 5 rings (SSSR count). The van der Waals surface area contributed by atoms with Gasteiger partial charge in [-0.3, -0.25) is 19.4 Å². The number of guanidine groups is 1. The van der Waals surface area contributed by atoms with Crippen molar-refractivity contribution in [1.82, 2.24) is 15.2 Å². The van der Waals surface area contributed by atoms with Crippen LogP contribution >= 0.6 is 11.3 Å². The monoisotopic (exact) mass is 567 g/mol. The van der Waals surface area contributed by atoms with Crippen molar-refractivity contribution in [3.05, 3.63) is 29.3 Å². The fourth-order valence-corrected chi connectivity index (χ4v) is 7.74. The molecule has 2 saturated heterocycles. The van der Waals surface area contributed by atoms with Gasteiger partial charge in [0.05, 0.1) is 21.8 Å². The topological polar surface area (TPSA) is 170 Å². The first kappa shape index (κ1) is 28.5. The third-order valence-electron chi connectivity index (χ3n) is 8.85. The summed E-state index contributed by atoms with van der Waals surface area (Å²) in [5.41, 5.74) is 17.5. The van der Waals surface area contributed by atoms with E-state index >= 15 is 0 Å². The van der Waals surface area contributed by atoms with Crippen LogP contribution in [0, 0.1) is 5.92 Å². The first-order valence-corrected chi connectivity index (χ1v) is 15.4. The van der Waals surface area contributed by atoms with Crippen LogP contribution in [0.3, 0.4) is 0 Å². The van der Waals surface area contributed by atoms with Gasteiger partial charge in [-0.05, 0) is 63.0 Å². The lowest BCUT2D eigenvalue weighted by molar-refractivity contribution is -0.149. The second-order valence-corrected chi connectivity index (χ2v) is 12.8. The van der Waals surface area contributed by atoms with E-state index in [1.807, 2.05) is 24.3 Å². The minimum Gasteiger partial charge on any atom is -0.370 e. The Morgan fingerprint density at radius 1 is 1.12 bits per heavy atom. The van der Waals surface area contributed by atoms with E-state index in [2.05, 4.69) is 15.3 Å². The Kier molecular flexibility index (Phi) is 8.70. The van der Waals surface area contributed by atoms with Crippen molar-refractivity contribution in [2.45, 2.75) is 101 Å². The number of hydrogen-bond donors (Lipinski definition) is 4. The average molecular weight is 568 g/mol. The third kappa shape index (κ3) is 6.15. The van der Waals surface area contributed by atoms with Gasteiger partial charge in [0.1, 0.15) is 6.04 Å². The Balaban J connectivity index is 1.31. The SMILES string of the molecule is NC(N)=NCCCC(NC(=O)[C@@H]1CCC2CC[C@@](N)(CC3CCCCC3)C(=O)N21)C(=O)c1nc2ccccc2s1. The maximum atomic E-state index is 13.8. The molecule has 216 valence electrons. The van der Waals surface area contributed by atoms with Crippen LogP contribution in [-0.4, -0.2) is 63.7 Å². The number of piperidine rings is 1. The molecule has 4 atom stereocenters. The molecule has 1 saturated carbocycles. The predicted octanol–water partition coefficient (Wildman–Crippen LogP) is 2.84. The molecule has 7 N–H and O–H groups in total. The summed E-state index contributed by atoms with van der Waals surface area (Å²) >= 11 is 1.31. The van der Waals surface area contributed by atoms with E-state index in [1.54, 1.807) is 4.90 Å². The molecule has 1 aliphatic carbocycles. The van der Waals surface area contributed by atoms with E-state index in [0.717, 1.165) is 35.9 Å². The summed E-state index contributed by atoms with van der Waals surface area (Å²) in [5.74, 6) is -0.204. The van der Waals surface area contributed by atoms with Crippen molar-refractivity contribution in [2.24, 2.45) is 28.1 Å². The molecule has 2 aliphatic heterocycles. The van der Waals surface area contributed by atoms with E-state index in [1.165, 1.54) is 30.6 Å². The van der Waals surface area contributed by atoms with Gasteiger partial charge < -0.3 is 27.4 Å². The number of nitrogens with two attached hydrogens (primary N) is 3. The highest BCUT2D eigenvalue weighted by Crippen LogP contribution is 2.40. The zero-order valence-corrected chi connectivity index (χ0v) is 23.8. The molecule has 2 amide bonds. The molecular weight excluding hydrogens is 526 g/mol. The van der Waals surface area contributed by atoms with Gasteiger partial charge in [0.15, 0.2) is 11.0 Å². The Hall–Kier alpha value is -3.05. The number of ketones is 1. The van der Waals surface area contributed by atoms with Crippen LogP contribution in [0.15, 0.2) is 29.3 Å². The van der Waals surface area contributed by atoms with Crippen LogP contribution in [-0.2, 0) is 9.59 Å². The molecule has 1 aromatic carbocycles.